The van der Waals surface area contributed by atoms with Crippen LogP contribution in [0.25, 0.3) is 0 Å². The molecular formula is C18H17Cl2N3O2. The zero-order valence-electron chi connectivity index (χ0n) is 13.4. The summed E-state index contributed by atoms with van der Waals surface area (Å²) in [7, 11) is 0. The standard InChI is InChI=1S/C18H17Cl2N3O2/c19-14-6-5-13(15(20)9-14)10-21-18(25)22-11-17(24)23-8-7-12-3-1-2-4-16(12)23/h1-6,9H,7-8,10-11H2,(H2,21,22,25). The van der Waals surface area contributed by atoms with Gasteiger partial charge in [0.05, 0.1) is 6.54 Å². The lowest BCUT2D eigenvalue weighted by Gasteiger charge is -2.17. The van der Waals surface area contributed by atoms with Gasteiger partial charge in [0.15, 0.2) is 0 Å². The second-order valence-electron chi connectivity index (χ2n) is 5.70. The van der Waals surface area contributed by atoms with Crippen LogP contribution in [0.5, 0.6) is 0 Å². The third kappa shape index (κ3) is 4.24. The van der Waals surface area contributed by atoms with Crippen LogP contribution < -0.4 is 15.5 Å². The molecule has 0 aromatic heterocycles. The predicted molar refractivity (Wildman–Crippen MR) is 99.2 cm³/mol. The van der Waals surface area contributed by atoms with Crippen LogP contribution in [0, 0.1) is 0 Å². The van der Waals surface area contributed by atoms with Gasteiger partial charge in [0.2, 0.25) is 5.91 Å². The Morgan fingerprint density at radius 3 is 2.68 bits per heavy atom. The maximum absolute atomic E-state index is 12.3. The highest BCUT2D eigenvalue weighted by atomic mass is 35.5. The molecule has 3 rings (SSSR count). The lowest BCUT2D eigenvalue weighted by molar-refractivity contribution is -0.117. The molecule has 1 aliphatic heterocycles. The van der Waals surface area contributed by atoms with E-state index >= 15 is 0 Å². The van der Waals surface area contributed by atoms with Crippen LogP contribution in [0.3, 0.4) is 0 Å². The van der Waals surface area contributed by atoms with Crippen molar-refractivity contribution in [1.82, 2.24) is 10.6 Å². The molecule has 25 heavy (non-hydrogen) atoms. The maximum atomic E-state index is 12.3. The number of carbonyl (C=O) groups is 2. The summed E-state index contributed by atoms with van der Waals surface area (Å²) in [5, 5.41) is 6.28. The molecule has 0 bridgehead atoms. The Hall–Kier alpha value is -2.24. The molecule has 0 aliphatic carbocycles. The summed E-state index contributed by atoms with van der Waals surface area (Å²) in [5.74, 6) is -0.135. The molecule has 0 radical (unpaired) electrons. The van der Waals surface area contributed by atoms with E-state index in [1.807, 2.05) is 24.3 Å². The van der Waals surface area contributed by atoms with Crippen molar-refractivity contribution in [2.75, 3.05) is 18.0 Å². The first-order valence-corrected chi connectivity index (χ1v) is 8.64. The molecule has 0 unspecified atom stereocenters. The number of anilines is 1. The van der Waals surface area contributed by atoms with E-state index in [9.17, 15) is 9.59 Å². The average molecular weight is 378 g/mol. The summed E-state index contributed by atoms with van der Waals surface area (Å²) in [6.07, 6.45) is 0.836. The van der Waals surface area contributed by atoms with Crippen molar-refractivity contribution in [2.24, 2.45) is 0 Å². The molecule has 2 aromatic rings. The highest BCUT2D eigenvalue weighted by molar-refractivity contribution is 6.35. The topological polar surface area (TPSA) is 61.4 Å². The molecular weight excluding hydrogens is 361 g/mol. The van der Waals surface area contributed by atoms with E-state index in [-0.39, 0.29) is 19.0 Å². The number of carbonyl (C=O) groups excluding carboxylic acids is 2. The average Bonchev–Trinajstić information content (AvgIpc) is 3.03. The van der Waals surface area contributed by atoms with E-state index in [2.05, 4.69) is 10.6 Å². The van der Waals surface area contributed by atoms with E-state index in [1.165, 1.54) is 0 Å². The SMILES string of the molecule is O=C(NCC(=O)N1CCc2ccccc21)NCc1ccc(Cl)cc1Cl. The van der Waals surface area contributed by atoms with E-state index in [4.69, 9.17) is 23.2 Å². The molecule has 7 heteroatoms. The number of hydrogen-bond donors (Lipinski definition) is 2. The third-order valence-electron chi connectivity index (χ3n) is 4.04. The largest absolute Gasteiger partial charge is 0.334 e. The van der Waals surface area contributed by atoms with E-state index in [0.29, 0.717) is 16.6 Å². The Balaban J connectivity index is 1.48. The van der Waals surface area contributed by atoms with Gasteiger partial charge in [-0.3, -0.25) is 4.79 Å². The number of halogens is 2. The van der Waals surface area contributed by atoms with Crippen molar-refractivity contribution in [3.63, 3.8) is 0 Å². The summed E-state index contributed by atoms with van der Waals surface area (Å²) in [6.45, 7) is 0.832. The van der Waals surface area contributed by atoms with Crippen LogP contribution in [0.1, 0.15) is 11.1 Å². The minimum absolute atomic E-state index is 0.0610. The molecule has 2 aromatic carbocycles. The molecule has 0 atom stereocenters. The van der Waals surface area contributed by atoms with Crippen LogP contribution >= 0.6 is 23.2 Å². The molecule has 3 amide bonds. The van der Waals surface area contributed by atoms with Crippen molar-refractivity contribution in [3.05, 3.63) is 63.6 Å². The first-order chi connectivity index (χ1) is 12.0. The third-order valence-corrected chi connectivity index (χ3v) is 4.63. The molecule has 0 saturated carbocycles. The summed E-state index contributed by atoms with van der Waals surface area (Å²) in [6, 6.07) is 12.4. The van der Waals surface area contributed by atoms with Crippen molar-refractivity contribution >= 4 is 40.8 Å². The van der Waals surface area contributed by atoms with Crippen LogP contribution in [0.4, 0.5) is 10.5 Å². The fraction of sp³-hybridized carbons (Fsp3) is 0.222. The van der Waals surface area contributed by atoms with Gasteiger partial charge in [0.25, 0.3) is 0 Å². The van der Waals surface area contributed by atoms with Crippen LogP contribution in [0.15, 0.2) is 42.5 Å². The van der Waals surface area contributed by atoms with Crippen LogP contribution in [0.2, 0.25) is 10.0 Å². The van der Waals surface area contributed by atoms with Gasteiger partial charge in [-0.25, -0.2) is 4.79 Å². The van der Waals surface area contributed by atoms with E-state index in [0.717, 1.165) is 23.2 Å². The second-order valence-corrected chi connectivity index (χ2v) is 6.54. The lowest BCUT2D eigenvalue weighted by atomic mass is 10.2. The quantitative estimate of drug-likeness (QED) is 0.857. The molecule has 130 valence electrons. The first-order valence-electron chi connectivity index (χ1n) is 7.88. The first kappa shape index (κ1) is 17.6. The van der Waals surface area contributed by atoms with E-state index in [1.54, 1.807) is 23.1 Å². The minimum atomic E-state index is -0.424. The molecule has 0 spiro atoms. The van der Waals surface area contributed by atoms with Crippen molar-refractivity contribution in [1.29, 1.82) is 0 Å². The van der Waals surface area contributed by atoms with Gasteiger partial charge in [0.1, 0.15) is 0 Å². The van der Waals surface area contributed by atoms with Gasteiger partial charge >= 0.3 is 6.03 Å². The van der Waals surface area contributed by atoms with Crippen molar-refractivity contribution in [3.8, 4) is 0 Å². The number of nitrogens with one attached hydrogen (secondary N) is 2. The van der Waals surface area contributed by atoms with Crippen LogP contribution in [-0.4, -0.2) is 25.0 Å². The smallest absolute Gasteiger partial charge is 0.315 e. The fourth-order valence-electron chi connectivity index (χ4n) is 2.75. The predicted octanol–water partition coefficient (Wildman–Crippen LogP) is 3.38. The second kappa shape index (κ2) is 7.76. The van der Waals surface area contributed by atoms with Gasteiger partial charge < -0.3 is 15.5 Å². The number of fused-ring (bicyclic) bond motifs is 1. The summed E-state index contributed by atoms with van der Waals surface area (Å²) < 4.78 is 0. The van der Waals surface area contributed by atoms with Gasteiger partial charge in [0, 0.05) is 28.8 Å². The molecule has 1 aliphatic rings. The number of benzene rings is 2. The Morgan fingerprint density at radius 1 is 1.08 bits per heavy atom. The monoisotopic (exact) mass is 377 g/mol. The number of hydrogen-bond acceptors (Lipinski definition) is 2. The van der Waals surface area contributed by atoms with Gasteiger partial charge in [-0.1, -0.05) is 47.5 Å². The molecule has 2 N–H and O–H groups in total. The fourth-order valence-corrected chi connectivity index (χ4v) is 3.23. The summed E-state index contributed by atoms with van der Waals surface area (Å²) in [4.78, 5) is 25.9. The normalized spacial score (nSPS) is 12.6. The van der Waals surface area contributed by atoms with Crippen molar-refractivity contribution in [2.45, 2.75) is 13.0 Å². The van der Waals surface area contributed by atoms with Gasteiger partial charge in [-0.15, -0.1) is 0 Å². The number of urea groups is 1. The highest BCUT2D eigenvalue weighted by Crippen LogP contribution is 2.27. The summed E-state index contributed by atoms with van der Waals surface area (Å²) >= 11 is 11.9. The highest BCUT2D eigenvalue weighted by Gasteiger charge is 2.24. The van der Waals surface area contributed by atoms with Gasteiger partial charge in [-0.2, -0.15) is 0 Å². The van der Waals surface area contributed by atoms with Gasteiger partial charge in [-0.05, 0) is 35.7 Å². The van der Waals surface area contributed by atoms with E-state index < -0.39 is 6.03 Å². The number of nitrogens with zero attached hydrogens (tertiary/aromatic N) is 1. The van der Waals surface area contributed by atoms with Crippen molar-refractivity contribution < 1.29 is 9.59 Å². The molecule has 0 fully saturated rings. The van der Waals surface area contributed by atoms with Crippen LogP contribution in [-0.2, 0) is 17.8 Å². The number of rotatable bonds is 4. The maximum Gasteiger partial charge on any atom is 0.315 e. The zero-order chi connectivity index (χ0) is 17.8. The number of para-hydroxylation sites is 1. The zero-order valence-corrected chi connectivity index (χ0v) is 14.9. The number of amides is 3. The molecule has 0 saturated heterocycles. The summed E-state index contributed by atoms with van der Waals surface area (Å²) in [5.41, 5.74) is 2.82. The Labute approximate surface area is 155 Å². The molecule has 5 nitrogen and oxygen atoms in total. The lowest BCUT2D eigenvalue weighted by Crippen LogP contribution is -2.43. The Kier molecular flexibility index (Phi) is 5.46. The Morgan fingerprint density at radius 2 is 1.88 bits per heavy atom. The Bertz CT molecular complexity index is 811. The minimum Gasteiger partial charge on any atom is -0.334 e. The molecule has 1 heterocycles.